The zero-order valence-electron chi connectivity index (χ0n) is 29.5. The van der Waals surface area contributed by atoms with E-state index in [1.165, 1.54) is 73.8 Å². The van der Waals surface area contributed by atoms with E-state index in [0.717, 1.165) is 25.7 Å². The van der Waals surface area contributed by atoms with Gasteiger partial charge in [0.05, 0.1) is 11.5 Å². The highest BCUT2D eigenvalue weighted by molar-refractivity contribution is 8.01. The summed E-state index contributed by atoms with van der Waals surface area (Å²) in [5.74, 6) is 0.760. The summed E-state index contributed by atoms with van der Waals surface area (Å²) >= 11 is 4.22. The van der Waals surface area contributed by atoms with Gasteiger partial charge >= 0.3 is 0 Å². The van der Waals surface area contributed by atoms with Crippen LogP contribution in [0.25, 0.3) is 11.1 Å². The molecule has 1 nitrogen and oxygen atoms in total. The average molecular weight is 710 g/mol. The molecule has 3 aromatic carbocycles. The summed E-state index contributed by atoms with van der Waals surface area (Å²) in [5.41, 5.74) is 14.6. The molecule has 6 unspecified atom stereocenters. The SMILES string of the molecule is C1=CCCC(N2C3=C(CCC=C3C3=CC4C(C=C3)SC3CCCC=C3C43c4ccccc4Sc4cc(-c5ccccc5)ccc43)C3C=CC=CC32)=C1. The van der Waals surface area contributed by atoms with Crippen molar-refractivity contribution in [1.29, 1.82) is 0 Å². The van der Waals surface area contributed by atoms with Crippen LogP contribution in [0.5, 0.6) is 0 Å². The molecule has 3 heterocycles. The molecule has 0 saturated carbocycles. The quantitative estimate of drug-likeness (QED) is 0.249. The van der Waals surface area contributed by atoms with E-state index in [0.29, 0.717) is 28.4 Å². The van der Waals surface area contributed by atoms with Crippen molar-refractivity contribution in [1.82, 2.24) is 4.90 Å². The molecule has 0 bridgehead atoms. The number of fused-ring (bicyclic) bond motifs is 10. The molecule has 52 heavy (non-hydrogen) atoms. The molecule has 6 atom stereocenters. The van der Waals surface area contributed by atoms with E-state index >= 15 is 0 Å². The average Bonchev–Trinajstić information content (AvgIpc) is 3.56. The lowest BCUT2D eigenvalue weighted by molar-refractivity contribution is 0.356. The first-order chi connectivity index (χ1) is 25.8. The largest absolute Gasteiger partial charge is 0.337 e. The van der Waals surface area contributed by atoms with Crippen molar-refractivity contribution in [3.63, 3.8) is 0 Å². The highest BCUT2D eigenvalue weighted by atomic mass is 32.2. The summed E-state index contributed by atoms with van der Waals surface area (Å²) in [7, 11) is 0. The number of thioether (sulfide) groups is 1. The molecule has 1 fully saturated rings. The van der Waals surface area contributed by atoms with E-state index in [1.807, 2.05) is 11.8 Å². The molecule has 3 heteroatoms. The maximum atomic E-state index is 2.76. The van der Waals surface area contributed by atoms with Crippen LogP contribution in [0, 0.1) is 11.8 Å². The molecule has 1 saturated heterocycles. The molecule has 256 valence electrons. The van der Waals surface area contributed by atoms with Gasteiger partial charge in [-0.15, -0.1) is 11.8 Å². The molecule has 3 aliphatic heterocycles. The Kier molecular flexibility index (Phi) is 7.51. The Balaban J connectivity index is 1.11. The van der Waals surface area contributed by atoms with Crippen molar-refractivity contribution in [2.24, 2.45) is 11.8 Å². The van der Waals surface area contributed by atoms with Crippen molar-refractivity contribution in [3.8, 4) is 11.1 Å². The molecular weight excluding hydrogens is 667 g/mol. The van der Waals surface area contributed by atoms with Crippen molar-refractivity contribution in [2.45, 2.75) is 76.7 Å². The lowest BCUT2D eigenvalue weighted by Gasteiger charge is -2.56. The Morgan fingerprint density at radius 3 is 2.56 bits per heavy atom. The second kappa shape index (κ2) is 12.5. The molecular formula is C49H43NS2. The summed E-state index contributed by atoms with van der Waals surface area (Å²) < 4.78 is 0. The monoisotopic (exact) mass is 709 g/mol. The number of hydrogen-bond donors (Lipinski definition) is 0. The standard InChI is InChI=1S/C49H43NS2/c1-3-14-32(15-4-1)33-26-28-41-47(31-33)52-45-25-12-9-22-40(45)49(41)39-21-8-11-24-44(39)51-46-29-27-34(30-42(46)49)36-19-13-20-38-37-18-7-10-23-43(37)50(48(36)38)35-16-5-2-6-17-35/h1-5,7,9-10,12,14-16,18-19,21-23,25-31,37,42-44,46H,6,8,11,13,17,20,24H2. The smallest absolute Gasteiger partial charge is 0.0623 e. The predicted octanol–water partition coefficient (Wildman–Crippen LogP) is 12.4. The van der Waals surface area contributed by atoms with Gasteiger partial charge in [0.15, 0.2) is 0 Å². The maximum absolute atomic E-state index is 2.76. The Morgan fingerprint density at radius 2 is 1.63 bits per heavy atom. The number of nitrogens with zero attached hydrogens (tertiary/aromatic N) is 1. The van der Waals surface area contributed by atoms with E-state index in [4.69, 9.17) is 0 Å². The van der Waals surface area contributed by atoms with Crippen LogP contribution in [0.4, 0.5) is 0 Å². The van der Waals surface area contributed by atoms with E-state index in [1.54, 1.807) is 11.1 Å². The summed E-state index contributed by atoms with van der Waals surface area (Å²) in [6, 6.07) is 28.2. The van der Waals surface area contributed by atoms with Gasteiger partial charge in [-0.3, -0.25) is 0 Å². The van der Waals surface area contributed by atoms with Crippen LogP contribution in [-0.2, 0) is 5.41 Å². The van der Waals surface area contributed by atoms with Crippen LogP contribution < -0.4 is 0 Å². The Hall–Kier alpha value is -4.18. The molecule has 1 spiro atoms. The van der Waals surface area contributed by atoms with Gasteiger partial charge in [0.2, 0.25) is 0 Å². The topological polar surface area (TPSA) is 3.24 Å². The van der Waals surface area contributed by atoms with Gasteiger partial charge in [0.1, 0.15) is 0 Å². The number of allylic oxidation sites excluding steroid dienone is 11. The fourth-order valence-corrected chi connectivity index (χ4v) is 13.7. The molecule has 11 rings (SSSR count). The molecule has 5 aliphatic carbocycles. The van der Waals surface area contributed by atoms with E-state index in [9.17, 15) is 0 Å². The van der Waals surface area contributed by atoms with Gasteiger partial charge in [0.25, 0.3) is 0 Å². The summed E-state index contributed by atoms with van der Waals surface area (Å²) in [4.78, 5) is 5.58. The van der Waals surface area contributed by atoms with Crippen LogP contribution in [-0.4, -0.2) is 21.4 Å². The van der Waals surface area contributed by atoms with Crippen LogP contribution in [0.1, 0.15) is 56.1 Å². The zero-order chi connectivity index (χ0) is 34.2. The summed E-state index contributed by atoms with van der Waals surface area (Å²) in [6.07, 6.45) is 37.8. The summed E-state index contributed by atoms with van der Waals surface area (Å²) in [6.45, 7) is 0. The second-order valence-electron chi connectivity index (χ2n) is 15.5. The fraction of sp³-hybridized carbons (Fsp3) is 0.265. The van der Waals surface area contributed by atoms with Gasteiger partial charge in [-0.1, -0.05) is 139 Å². The van der Waals surface area contributed by atoms with Crippen molar-refractivity contribution >= 4 is 23.5 Å². The molecule has 0 amide bonds. The Bertz CT molecular complexity index is 2270. The van der Waals surface area contributed by atoms with E-state index in [-0.39, 0.29) is 5.41 Å². The van der Waals surface area contributed by atoms with Crippen molar-refractivity contribution in [3.05, 3.63) is 191 Å². The minimum atomic E-state index is -0.207. The van der Waals surface area contributed by atoms with Crippen LogP contribution >= 0.6 is 23.5 Å². The predicted molar refractivity (Wildman–Crippen MR) is 219 cm³/mol. The van der Waals surface area contributed by atoms with Crippen LogP contribution in [0.3, 0.4) is 0 Å². The Labute approximate surface area is 317 Å². The van der Waals surface area contributed by atoms with Crippen LogP contribution in [0.15, 0.2) is 189 Å². The van der Waals surface area contributed by atoms with Crippen molar-refractivity contribution < 1.29 is 0 Å². The third kappa shape index (κ3) is 4.64. The van der Waals surface area contributed by atoms with Gasteiger partial charge in [-0.25, -0.2) is 0 Å². The van der Waals surface area contributed by atoms with Gasteiger partial charge < -0.3 is 4.90 Å². The lowest BCUT2D eigenvalue weighted by Crippen LogP contribution is -2.51. The minimum Gasteiger partial charge on any atom is -0.337 e. The molecule has 8 aliphatic rings. The van der Waals surface area contributed by atoms with E-state index in [2.05, 4.69) is 162 Å². The lowest BCUT2D eigenvalue weighted by atomic mass is 9.56. The highest BCUT2D eigenvalue weighted by Gasteiger charge is 2.57. The van der Waals surface area contributed by atoms with Gasteiger partial charge in [-0.05, 0) is 102 Å². The third-order valence-electron chi connectivity index (χ3n) is 12.9. The molecule has 0 N–H and O–H groups in total. The molecule has 0 aromatic heterocycles. The number of rotatable bonds is 3. The second-order valence-corrected chi connectivity index (χ2v) is 18.0. The van der Waals surface area contributed by atoms with Crippen molar-refractivity contribution in [2.75, 3.05) is 0 Å². The van der Waals surface area contributed by atoms with Crippen LogP contribution in [0.2, 0.25) is 0 Å². The fourth-order valence-electron chi connectivity index (χ4n) is 10.7. The van der Waals surface area contributed by atoms with Gasteiger partial charge in [-0.2, -0.15) is 0 Å². The zero-order valence-corrected chi connectivity index (χ0v) is 31.1. The highest BCUT2D eigenvalue weighted by Crippen LogP contribution is 2.65. The molecule has 0 radical (unpaired) electrons. The first-order valence-electron chi connectivity index (χ1n) is 19.5. The summed E-state index contributed by atoms with van der Waals surface area (Å²) in [5, 5.41) is 0.952. The minimum absolute atomic E-state index is 0.207. The van der Waals surface area contributed by atoms with E-state index < -0.39 is 0 Å². The van der Waals surface area contributed by atoms with Gasteiger partial charge in [0, 0.05) is 49.1 Å². The maximum Gasteiger partial charge on any atom is 0.0623 e. The molecule has 3 aromatic rings. The Morgan fingerprint density at radius 1 is 0.750 bits per heavy atom. The number of benzene rings is 3. The third-order valence-corrected chi connectivity index (χ3v) is 15.6. The normalized spacial score (nSPS) is 30.7. The number of hydrogen-bond acceptors (Lipinski definition) is 3. The first kappa shape index (κ1) is 31.4. The first-order valence-corrected chi connectivity index (χ1v) is 21.2.